The number of anilines is 1. The molecular weight excluding hydrogens is 262 g/mol. The van der Waals surface area contributed by atoms with Gasteiger partial charge in [0.05, 0.1) is 0 Å². The number of carbonyl (C=O) groups excluding carboxylic acids is 1. The van der Waals surface area contributed by atoms with E-state index in [1.165, 1.54) is 0 Å². The lowest BCUT2D eigenvalue weighted by Crippen LogP contribution is -2.20. The molecule has 1 unspecified atom stereocenters. The third-order valence-electron chi connectivity index (χ3n) is 2.78. The van der Waals surface area contributed by atoms with Crippen LogP contribution >= 0.6 is 0 Å². The number of nitrogens with one attached hydrogen (secondary N) is 1. The summed E-state index contributed by atoms with van der Waals surface area (Å²) >= 11 is 0. The smallest absolute Gasteiger partial charge is 0.226 e. The van der Waals surface area contributed by atoms with E-state index in [0.717, 1.165) is 23.8 Å². The maximum atomic E-state index is 13.0. The van der Waals surface area contributed by atoms with Gasteiger partial charge in [0, 0.05) is 24.2 Å². The minimum atomic E-state index is -0.743. The van der Waals surface area contributed by atoms with Gasteiger partial charge in [0.15, 0.2) is 0 Å². The zero-order valence-corrected chi connectivity index (χ0v) is 10.6. The number of benzene rings is 2. The Balaban J connectivity index is 1.99. The molecule has 2 aromatic rings. The van der Waals surface area contributed by atoms with Gasteiger partial charge < -0.3 is 11.1 Å². The normalized spacial score (nSPS) is 11.9. The molecule has 104 valence electrons. The number of halogens is 2. The first-order valence-electron chi connectivity index (χ1n) is 6.11. The Morgan fingerprint density at radius 2 is 1.70 bits per heavy atom. The predicted octanol–water partition coefficient (Wildman–Crippen LogP) is 2.99. The molecule has 2 aromatic carbocycles. The third-order valence-corrected chi connectivity index (χ3v) is 2.78. The standard InChI is InChI=1S/C15H14F2N2O/c16-11-6-12(17)8-13(7-11)19-15(20)9-14(18)10-4-2-1-3-5-10/h1-8,14H,9,18H2,(H,19,20). The zero-order valence-electron chi connectivity index (χ0n) is 10.6. The molecule has 1 amide bonds. The molecule has 0 saturated heterocycles. The average Bonchev–Trinajstić information content (AvgIpc) is 2.38. The number of nitrogens with two attached hydrogens (primary N) is 1. The van der Waals surface area contributed by atoms with Crippen LogP contribution in [0.2, 0.25) is 0 Å². The summed E-state index contributed by atoms with van der Waals surface area (Å²) in [6.07, 6.45) is 0.0299. The fourth-order valence-electron chi connectivity index (χ4n) is 1.86. The van der Waals surface area contributed by atoms with Gasteiger partial charge in [0.25, 0.3) is 0 Å². The van der Waals surface area contributed by atoms with Crippen LogP contribution in [-0.2, 0) is 4.79 Å². The lowest BCUT2D eigenvalue weighted by atomic mass is 10.0. The van der Waals surface area contributed by atoms with Crippen molar-refractivity contribution >= 4 is 11.6 Å². The van der Waals surface area contributed by atoms with Crippen molar-refractivity contribution in [3.8, 4) is 0 Å². The summed E-state index contributed by atoms with van der Waals surface area (Å²) in [7, 11) is 0. The highest BCUT2D eigenvalue weighted by Crippen LogP contribution is 2.16. The van der Waals surface area contributed by atoms with Gasteiger partial charge >= 0.3 is 0 Å². The first-order chi connectivity index (χ1) is 9.54. The SMILES string of the molecule is NC(CC(=O)Nc1cc(F)cc(F)c1)c1ccccc1. The van der Waals surface area contributed by atoms with Gasteiger partial charge in [-0.25, -0.2) is 8.78 Å². The summed E-state index contributed by atoms with van der Waals surface area (Å²) < 4.78 is 26.0. The van der Waals surface area contributed by atoms with E-state index in [-0.39, 0.29) is 12.1 Å². The molecule has 0 saturated carbocycles. The largest absolute Gasteiger partial charge is 0.326 e. The van der Waals surface area contributed by atoms with Crippen molar-refractivity contribution in [3.63, 3.8) is 0 Å². The Bertz CT molecular complexity index is 582. The molecule has 0 bridgehead atoms. The fourth-order valence-corrected chi connectivity index (χ4v) is 1.86. The molecule has 1 atom stereocenters. The van der Waals surface area contributed by atoms with Crippen LogP contribution in [0.4, 0.5) is 14.5 Å². The van der Waals surface area contributed by atoms with Gasteiger partial charge in [-0.1, -0.05) is 30.3 Å². The lowest BCUT2D eigenvalue weighted by molar-refractivity contribution is -0.116. The zero-order chi connectivity index (χ0) is 14.5. The molecule has 5 heteroatoms. The van der Waals surface area contributed by atoms with E-state index in [1.807, 2.05) is 30.3 Å². The molecule has 0 heterocycles. The number of carbonyl (C=O) groups is 1. The maximum absolute atomic E-state index is 13.0. The molecule has 0 spiro atoms. The highest BCUT2D eigenvalue weighted by atomic mass is 19.1. The Hall–Kier alpha value is -2.27. The topological polar surface area (TPSA) is 55.1 Å². The second-order valence-electron chi connectivity index (χ2n) is 4.43. The molecule has 3 N–H and O–H groups in total. The van der Waals surface area contributed by atoms with Gasteiger partial charge in [-0.15, -0.1) is 0 Å². The molecule has 0 aliphatic heterocycles. The van der Waals surface area contributed by atoms with E-state index in [9.17, 15) is 13.6 Å². The van der Waals surface area contributed by atoms with Crippen molar-refractivity contribution in [2.45, 2.75) is 12.5 Å². The van der Waals surface area contributed by atoms with Gasteiger partial charge in [0.1, 0.15) is 11.6 Å². The summed E-state index contributed by atoms with van der Waals surface area (Å²) in [6, 6.07) is 11.5. The van der Waals surface area contributed by atoms with Gasteiger partial charge in [-0.05, 0) is 17.7 Å². The van der Waals surface area contributed by atoms with Crippen LogP contribution in [0.25, 0.3) is 0 Å². The van der Waals surface area contributed by atoms with Crippen molar-refractivity contribution in [2.75, 3.05) is 5.32 Å². The first kappa shape index (κ1) is 14.1. The Kier molecular flexibility index (Phi) is 4.42. The molecule has 0 aromatic heterocycles. The summed E-state index contributed by atoms with van der Waals surface area (Å²) in [4.78, 5) is 11.8. The summed E-state index contributed by atoms with van der Waals surface area (Å²) in [5.41, 5.74) is 6.80. The highest BCUT2D eigenvalue weighted by Gasteiger charge is 2.12. The fraction of sp³-hybridized carbons (Fsp3) is 0.133. The summed E-state index contributed by atoms with van der Waals surface area (Å²) in [5, 5.41) is 2.43. The number of hydrogen-bond donors (Lipinski definition) is 2. The first-order valence-corrected chi connectivity index (χ1v) is 6.11. The van der Waals surface area contributed by atoms with Crippen molar-refractivity contribution in [1.29, 1.82) is 0 Å². The summed E-state index contributed by atoms with van der Waals surface area (Å²) in [5.74, 6) is -1.88. The van der Waals surface area contributed by atoms with Crippen molar-refractivity contribution < 1.29 is 13.6 Å². The van der Waals surface area contributed by atoms with Gasteiger partial charge in [0.2, 0.25) is 5.91 Å². The minimum Gasteiger partial charge on any atom is -0.326 e. The Morgan fingerprint density at radius 1 is 1.10 bits per heavy atom. The van der Waals surface area contributed by atoms with Gasteiger partial charge in [-0.3, -0.25) is 4.79 Å². The van der Waals surface area contributed by atoms with Crippen LogP contribution in [-0.4, -0.2) is 5.91 Å². The van der Waals surface area contributed by atoms with E-state index in [4.69, 9.17) is 5.73 Å². The number of amides is 1. The summed E-state index contributed by atoms with van der Waals surface area (Å²) in [6.45, 7) is 0. The monoisotopic (exact) mass is 276 g/mol. The molecule has 3 nitrogen and oxygen atoms in total. The minimum absolute atomic E-state index is 0.0299. The second kappa shape index (κ2) is 6.25. The molecule has 0 radical (unpaired) electrons. The Labute approximate surface area is 115 Å². The van der Waals surface area contributed by atoms with Crippen LogP contribution < -0.4 is 11.1 Å². The van der Waals surface area contributed by atoms with Crippen LogP contribution in [0.15, 0.2) is 48.5 Å². The Morgan fingerprint density at radius 3 is 2.30 bits per heavy atom. The average molecular weight is 276 g/mol. The van der Waals surface area contributed by atoms with Crippen molar-refractivity contribution in [3.05, 3.63) is 65.7 Å². The number of hydrogen-bond acceptors (Lipinski definition) is 2. The number of rotatable bonds is 4. The lowest BCUT2D eigenvalue weighted by Gasteiger charge is -2.12. The van der Waals surface area contributed by atoms with Crippen molar-refractivity contribution in [2.24, 2.45) is 5.73 Å². The molecule has 20 heavy (non-hydrogen) atoms. The van der Waals surface area contributed by atoms with E-state index in [1.54, 1.807) is 0 Å². The van der Waals surface area contributed by atoms with E-state index in [0.29, 0.717) is 0 Å². The van der Waals surface area contributed by atoms with Crippen LogP contribution in [0.5, 0.6) is 0 Å². The van der Waals surface area contributed by atoms with Crippen molar-refractivity contribution in [1.82, 2.24) is 0 Å². The quantitative estimate of drug-likeness (QED) is 0.902. The van der Waals surface area contributed by atoms with Crippen LogP contribution in [0, 0.1) is 11.6 Å². The second-order valence-corrected chi connectivity index (χ2v) is 4.43. The van der Waals surface area contributed by atoms with E-state index in [2.05, 4.69) is 5.32 Å². The van der Waals surface area contributed by atoms with Crippen LogP contribution in [0.1, 0.15) is 18.0 Å². The molecule has 0 fully saturated rings. The van der Waals surface area contributed by atoms with Crippen LogP contribution in [0.3, 0.4) is 0 Å². The molecule has 2 rings (SSSR count). The predicted molar refractivity (Wildman–Crippen MR) is 73.0 cm³/mol. The van der Waals surface area contributed by atoms with E-state index >= 15 is 0 Å². The van der Waals surface area contributed by atoms with E-state index < -0.39 is 23.6 Å². The highest BCUT2D eigenvalue weighted by molar-refractivity contribution is 5.91. The molecule has 0 aliphatic rings. The van der Waals surface area contributed by atoms with Gasteiger partial charge in [-0.2, -0.15) is 0 Å². The molecule has 0 aliphatic carbocycles. The third kappa shape index (κ3) is 3.86. The maximum Gasteiger partial charge on any atom is 0.226 e. The molecular formula is C15H14F2N2O.